The summed E-state index contributed by atoms with van der Waals surface area (Å²) >= 11 is 3.03. The van der Waals surface area contributed by atoms with Crippen molar-refractivity contribution in [3.63, 3.8) is 0 Å². The molecule has 5 heteroatoms. The Morgan fingerprint density at radius 3 is 2.24 bits per heavy atom. The number of alkyl halides is 3. The van der Waals surface area contributed by atoms with Gasteiger partial charge in [0, 0.05) is 4.47 Å². The van der Waals surface area contributed by atoms with E-state index in [9.17, 15) is 18.3 Å². The molecule has 1 nitrogen and oxygen atoms in total. The molecule has 0 aromatic heterocycles. The van der Waals surface area contributed by atoms with Gasteiger partial charge in [0.2, 0.25) is 0 Å². The van der Waals surface area contributed by atoms with Crippen molar-refractivity contribution in [2.24, 2.45) is 0 Å². The Morgan fingerprint density at radius 1 is 1.00 bits per heavy atom. The zero-order chi connectivity index (χ0) is 15.8. The van der Waals surface area contributed by atoms with Crippen LogP contribution in [0.2, 0.25) is 0 Å². The Labute approximate surface area is 129 Å². The minimum absolute atomic E-state index is 0.144. The minimum atomic E-state index is -4.51. The largest absolute Gasteiger partial charge is 0.416 e. The SMILES string of the molecule is Cc1ccc(C(O)c2ccc(Br)cc2C(F)(F)F)cc1C. The quantitative estimate of drug-likeness (QED) is 0.785. The Kier molecular flexibility index (Phi) is 4.44. The molecular weight excluding hydrogens is 345 g/mol. The van der Waals surface area contributed by atoms with Gasteiger partial charge in [-0.2, -0.15) is 13.2 Å². The van der Waals surface area contributed by atoms with Gasteiger partial charge in [-0.3, -0.25) is 0 Å². The first-order chi connectivity index (χ1) is 9.70. The second-order valence-corrected chi connectivity index (χ2v) is 5.89. The van der Waals surface area contributed by atoms with Crippen LogP contribution >= 0.6 is 15.9 Å². The van der Waals surface area contributed by atoms with Crippen LogP contribution in [-0.4, -0.2) is 5.11 Å². The van der Waals surface area contributed by atoms with E-state index in [0.29, 0.717) is 10.0 Å². The fraction of sp³-hybridized carbons (Fsp3) is 0.250. The molecule has 1 N–H and O–H groups in total. The van der Waals surface area contributed by atoms with E-state index in [4.69, 9.17) is 0 Å². The zero-order valence-corrected chi connectivity index (χ0v) is 13.1. The van der Waals surface area contributed by atoms with E-state index >= 15 is 0 Å². The van der Waals surface area contributed by atoms with Crippen LogP contribution in [0.25, 0.3) is 0 Å². The molecule has 0 fully saturated rings. The summed E-state index contributed by atoms with van der Waals surface area (Å²) in [5.41, 5.74) is 1.43. The first kappa shape index (κ1) is 16.0. The number of aliphatic hydroxyl groups is 1. The van der Waals surface area contributed by atoms with Gasteiger partial charge in [-0.05, 0) is 48.2 Å². The van der Waals surface area contributed by atoms with Crippen molar-refractivity contribution < 1.29 is 18.3 Å². The zero-order valence-electron chi connectivity index (χ0n) is 11.5. The van der Waals surface area contributed by atoms with Crippen molar-refractivity contribution in [1.82, 2.24) is 0 Å². The maximum Gasteiger partial charge on any atom is 0.416 e. The van der Waals surface area contributed by atoms with Crippen LogP contribution in [0.1, 0.15) is 33.9 Å². The van der Waals surface area contributed by atoms with Gasteiger partial charge in [0.1, 0.15) is 6.10 Å². The molecule has 112 valence electrons. The lowest BCUT2D eigenvalue weighted by Gasteiger charge is -2.19. The molecule has 0 amide bonds. The van der Waals surface area contributed by atoms with Gasteiger partial charge >= 0.3 is 6.18 Å². The van der Waals surface area contributed by atoms with Crippen LogP contribution in [0, 0.1) is 13.8 Å². The van der Waals surface area contributed by atoms with Crippen LogP contribution in [0.15, 0.2) is 40.9 Å². The molecule has 2 aromatic carbocycles. The molecule has 21 heavy (non-hydrogen) atoms. The highest BCUT2D eigenvalue weighted by atomic mass is 79.9. The Hall–Kier alpha value is -1.33. The van der Waals surface area contributed by atoms with Gasteiger partial charge in [-0.25, -0.2) is 0 Å². The molecule has 0 spiro atoms. The maximum atomic E-state index is 13.1. The van der Waals surface area contributed by atoms with E-state index in [1.807, 2.05) is 13.8 Å². The van der Waals surface area contributed by atoms with Gasteiger partial charge in [0.25, 0.3) is 0 Å². The van der Waals surface area contributed by atoms with Gasteiger partial charge in [0.15, 0.2) is 0 Å². The van der Waals surface area contributed by atoms with Crippen molar-refractivity contribution in [2.45, 2.75) is 26.1 Å². The average molecular weight is 359 g/mol. The van der Waals surface area contributed by atoms with E-state index in [1.54, 1.807) is 18.2 Å². The van der Waals surface area contributed by atoms with E-state index in [2.05, 4.69) is 15.9 Å². The predicted octanol–water partition coefficient (Wildman–Crippen LogP) is 5.17. The van der Waals surface area contributed by atoms with Crippen molar-refractivity contribution in [2.75, 3.05) is 0 Å². The Bertz CT molecular complexity index is 665. The molecular formula is C16H14BrF3O. The van der Waals surface area contributed by atoms with Gasteiger partial charge < -0.3 is 5.11 Å². The first-order valence-electron chi connectivity index (χ1n) is 6.32. The van der Waals surface area contributed by atoms with Gasteiger partial charge in [-0.15, -0.1) is 0 Å². The van der Waals surface area contributed by atoms with Crippen molar-refractivity contribution in [3.05, 3.63) is 68.7 Å². The van der Waals surface area contributed by atoms with E-state index < -0.39 is 17.8 Å². The third-order valence-electron chi connectivity index (χ3n) is 3.46. The Balaban J connectivity index is 2.52. The molecule has 0 bridgehead atoms. The van der Waals surface area contributed by atoms with Crippen molar-refractivity contribution in [3.8, 4) is 0 Å². The smallest absolute Gasteiger partial charge is 0.384 e. The standard InChI is InChI=1S/C16H14BrF3O/c1-9-3-4-11(7-10(9)2)15(21)13-6-5-12(17)8-14(13)16(18,19)20/h3-8,15,21H,1-2H3. The molecule has 2 aromatic rings. The molecule has 0 saturated carbocycles. The number of aryl methyl sites for hydroxylation is 2. The minimum Gasteiger partial charge on any atom is -0.384 e. The summed E-state index contributed by atoms with van der Waals surface area (Å²) in [4.78, 5) is 0. The summed E-state index contributed by atoms with van der Waals surface area (Å²) in [6, 6.07) is 8.93. The molecule has 0 saturated heterocycles. The molecule has 0 aliphatic rings. The lowest BCUT2D eigenvalue weighted by Crippen LogP contribution is -2.13. The number of aliphatic hydroxyl groups excluding tert-OH is 1. The second-order valence-electron chi connectivity index (χ2n) is 4.98. The number of rotatable bonds is 2. The highest BCUT2D eigenvalue weighted by molar-refractivity contribution is 9.10. The molecule has 0 heterocycles. The fourth-order valence-electron chi connectivity index (χ4n) is 2.13. The maximum absolute atomic E-state index is 13.1. The lowest BCUT2D eigenvalue weighted by atomic mass is 9.94. The van der Waals surface area contributed by atoms with Crippen LogP contribution in [0.3, 0.4) is 0 Å². The first-order valence-corrected chi connectivity index (χ1v) is 7.11. The third kappa shape index (κ3) is 3.47. The normalized spacial score (nSPS) is 13.3. The molecule has 0 radical (unpaired) electrons. The summed E-state index contributed by atoms with van der Waals surface area (Å²) in [5, 5.41) is 10.3. The molecule has 0 aliphatic heterocycles. The Morgan fingerprint density at radius 2 is 1.67 bits per heavy atom. The number of hydrogen-bond acceptors (Lipinski definition) is 1. The molecule has 2 rings (SSSR count). The predicted molar refractivity (Wildman–Crippen MR) is 79.1 cm³/mol. The summed E-state index contributed by atoms with van der Waals surface area (Å²) in [5.74, 6) is 0. The molecule has 1 unspecified atom stereocenters. The monoisotopic (exact) mass is 358 g/mol. The van der Waals surface area contributed by atoms with E-state index in [0.717, 1.165) is 17.2 Å². The van der Waals surface area contributed by atoms with Gasteiger partial charge in [0.05, 0.1) is 5.56 Å². The topological polar surface area (TPSA) is 20.2 Å². The summed E-state index contributed by atoms with van der Waals surface area (Å²) in [7, 11) is 0. The highest BCUT2D eigenvalue weighted by Gasteiger charge is 2.35. The van der Waals surface area contributed by atoms with Crippen molar-refractivity contribution in [1.29, 1.82) is 0 Å². The average Bonchev–Trinajstić information content (AvgIpc) is 2.40. The third-order valence-corrected chi connectivity index (χ3v) is 3.96. The molecule has 0 aliphatic carbocycles. The van der Waals surface area contributed by atoms with Crippen LogP contribution in [0.4, 0.5) is 13.2 Å². The van der Waals surface area contributed by atoms with Gasteiger partial charge in [-0.1, -0.05) is 40.2 Å². The summed E-state index contributed by atoms with van der Waals surface area (Å²) in [6.45, 7) is 3.77. The van der Waals surface area contributed by atoms with Crippen molar-refractivity contribution >= 4 is 15.9 Å². The van der Waals surface area contributed by atoms with Crippen LogP contribution in [0.5, 0.6) is 0 Å². The van der Waals surface area contributed by atoms with E-state index in [-0.39, 0.29) is 5.56 Å². The summed E-state index contributed by atoms with van der Waals surface area (Å²) < 4.78 is 39.7. The number of halogens is 4. The molecule has 1 atom stereocenters. The van der Waals surface area contributed by atoms with Crippen LogP contribution < -0.4 is 0 Å². The number of hydrogen-bond donors (Lipinski definition) is 1. The summed E-state index contributed by atoms with van der Waals surface area (Å²) in [6.07, 6.45) is -5.83. The highest BCUT2D eigenvalue weighted by Crippen LogP contribution is 2.38. The lowest BCUT2D eigenvalue weighted by molar-refractivity contribution is -0.139. The van der Waals surface area contributed by atoms with E-state index in [1.165, 1.54) is 12.1 Å². The fourth-order valence-corrected chi connectivity index (χ4v) is 2.49. The van der Waals surface area contributed by atoms with Crippen LogP contribution in [-0.2, 0) is 6.18 Å². The number of benzene rings is 2. The second kappa shape index (κ2) is 5.81.